The predicted molar refractivity (Wildman–Crippen MR) is 77.2 cm³/mol. The molecule has 100 valence electrons. The van der Waals surface area contributed by atoms with Crippen LogP contribution in [0, 0.1) is 48.5 Å². The number of aryl methyl sites for hydroxylation is 5. The molecule has 0 aromatic heterocycles. The topological polar surface area (TPSA) is 0 Å². The summed E-state index contributed by atoms with van der Waals surface area (Å²) in [5.74, 6) is 0. The van der Waals surface area contributed by atoms with E-state index in [-0.39, 0.29) is 17.1 Å². The zero-order valence-electron chi connectivity index (χ0n) is 12.6. The Balaban J connectivity index is 0.000000306. The van der Waals surface area contributed by atoms with Gasteiger partial charge in [0.05, 0.1) is 0 Å². The van der Waals surface area contributed by atoms with Gasteiger partial charge in [0.1, 0.15) is 0 Å². The number of hydrogen-bond donors (Lipinski definition) is 0. The monoisotopic (exact) mass is 284 g/mol. The molecule has 0 bridgehead atoms. The van der Waals surface area contributed by atoms with Gasteiger partial charge in [-0.2, -0.15) is 45.5 Å². The van der Waals surface area contributed by atoms with E-state index in [9.17, 15) is 0 Å². The van der Waals surface area contributed by atoms with Crippen molar-refractivity contribution in [2.75, 3.05) is 0 Å². The molecular formula is C17H24Fe. The van der Waals surface area contributed by atoms with E-state index >= 15 is 0 Å². The second-order valence-corrected chi connectivity index (χ2v) is 5.16. The van der Waals surface area contributed by atoms with Crippen molar-refractivity contribution in [3.8, 4) is 0 Å². The van der Waals surface area contributed by atoms with Crippen molar-refractivity contribution in [2.45, 2.75) is 48.5 Å². The molecule has 1 heteroatoms. The summed E-state index contributed by atoms with van der Waals surface area (Å²) < 4.78 is 0. The molecule has 2 rings (SSSR count). The van der Waals surface area contributed by atoms with Gasteiger partial charge in [0, 0.05) is 0 Å². The van der Waals surface area contributed by atoms with E-state index in [1.54, 1.807) is 0 Å². The molecule has 0 atom stereocenters. The Morgan fingerprint density at radius 2 is 1.39 bits per heavy atom. The minimum absolute atomic E-state index is 0. The molecule has 18 heavy (non-hydrogen) atoms. The number of hydrogen-bond acceptors (Lipinski definition) is 0. The van der Waals surface area contributed by atoms with E-state index in [2.05, 4.69) is 66.7 Å². The molecule has 0 saturated carbocycles. The van der Waals surface area contributed by atoms with Gasteiger partial charge < -0.3 is 0 Å². The van der Waals surface area contributed by atoms with E-state index in [4.69, 9.17) is 0 Å². The summed E-state index contributed by atoms with van der Waals surface area (Å²) in [6, 6.07) is 6.65. The van der Waals surface area contributed by atoms with E-state index in [0.29, 0.717) is 0 Å². The van der Waals surface area contributed by atoms with Crippen LogP contribution in [0.4, 0.5) is 0 Å². The van der Waals surface area contributed by atoms with Gasteiger partial charge >= 0.3 is 17.1 Å². The van der Waals surface area contributed by atoms with Crippen molar-refractivity contribution < 1.29 is 17.1 Å². The summed E-state index contributed by atoms with van der Waals surface area (Å²) in [5.41, 5.74) is 9.93. The van der Waals surface area contributed by atoms with Crippen LogP contribution in [0.25, 0.3) is 0 Å². The molecule has 0 spiro atoms. The largest absolute Gasteiger partial charge is 2.00 e. The van der Waals surface area contributed by atoms with E-state index in [0.717, 1.165) is 0 Å². The van der Waals surface area contributed by atoms with Crippen molar-refractivity contribution in [3.05, 3.63) is 57.1 Å². The maximum Gasteiger partial charge on any atom is 2.00 e. The molecule has 0 N–H and O–H groups in total. The van der Waals surface area contributed by atoms with Gasteiger partial charge in [-0.25, -0.2) is 11.6 Å². The van der Waals surface area contributed by atoms with Crippen molar-refractivity contribution in [1.82, 2.24) is 0 Å². The average molecular weight is 284 g/mol. The maximum absolute atomic E-state index is 2.24. The molecule has 0 saturated heterocycles. The summed E-state index contributed by atoms with van der Waals surface area (Å²) in [6.45, 7) is 15.1. The first-order valence-electron chi connectivity index (χ1n) is 6.23. The quantitative estimate of drug-likeness (QED) is 0.473. The third-order valence-electron chi connectivity index (χ3n) is 3.69. The summed E-state index contributed by atoms with van der Waals surface area (Å²) in [6.07, 6.45) is 0. The first-order chi connectivity index (χ1) is 7.82. The molecule has 0 aliphatic carbocycles. The zero-order chi connectivity index (χ0) is 13.2. The molecule has 2 aromatic rings. The third kappa shape index (κ3) is 4.15. The molecule has 0 nitrogen and oxygen atoms in total. The van der Waals surface area contributed by atoms with Gasteiger partial charge in [-0.1, -0.05) is 48.5 Å². The average Bonchev–Trinajstić information content (AvgIpc) is 2.64. The van der Waals surface area contributed by atoms with Gasteiger partial charge in [-0.05, 0) is 0 Å². The van der Waals surface area contributed by atoms with E-state index in [1.165, 1.54) is 38.9 Å². The van der Waals surface area contributed by atoms with E-state index < -0.39 is 0 Å². The van der Waals surface area contributed by atoms with Gasteiger partial charge in [-0.15, -0.1) is 0 Å². The molecular weight excluding hydrogens is 260 g/mol. The maximum atomic E-state index is 2.24. The van der Waals surface area contributed by atoms with Crippen LogP contribution in [0.3, 0.4) is 0 Å². The fourth-order valence-electron chi connectivity index (χ4n) is 2.09. The second-order valence-electron chi connectivity index (χ2n) is 5.16. The fourth-order valence-corrected chi connectivity index (χ4v) is 2.09. The summed E-state index contributed by atoms with van der Waals surface area (Å²) in [7, 11) is 0. The molecule has 2 aromatic carbocycles. The molecule has 0 fully saturated rings. The Kier molecular flexibility index (Phi) is 6.67. The third-order valence-corrected chi connectivity index (χ3v) is 3.69. The Morgan fingerprint density at radius 3 is 1.50 bits per heavy atom. The summed E-state index contributed by atoms with van der Waals surface area (Å²) in [4.78, 5) is 0. The van der Waals surface area contributed by atoms with Gasteiger partial charge in [0.2, 0.25) is 0 Å². The molecule has 0 unspecified atom stereocenters. The van der Waals surface area contributed by atoms with Gasteiger partial charge in [-0.3, -0.25) is 0 Å². The SMILES string of the molecule is Cc1c[c-](C)c(C)c1C.Cc1cc(C)[c-](C)c1.[Fe+2]. The first kappa shape index (κ1) is 17.2. The Morgan fingerprint density at radius 1 is 0.833 bits per heavy atom. The minimum atomic E-state index is 0. The van der Waals surface area contributed by atoms with E-state index in [1.807, 2.05) is 0 Å². The van der Waals surface area contributed by atoms with Crippen LogP contribution >= 0.6 is 0 Å². The molecule has 0 amide bonds. The zero-order valence-corrected chi connectivity index (χ0v) is 13.7. The smallest absolute Gasteiger partial charge is 0.208 e. The summed E-state index contributed by atoms with van der Waals surface area (Å²) in [5, 5.41) is 0. The fraction of sp³-hybridized carbons (Fsp3) is 0.412. The molecule has 0 aliphatic rings. The Bertz CT molecular complexity index is 456. The van der Waals surface area contributed by atoms with Crippen LogP contribution in [0.15, 0.2) is 18.2 Å². The van der Waals surface area contributed by atoms with Crippen molar-refractivity contribution in [1.29, 1.82) is 0 Å². The van der Waals surface area contributed by atoms with Gasteiger partial charge in [0.15, 0.2) is 0 Å². The van der Waals surface area contributed by atoms with Crippen LogP contribution in [-0.2, 0) is 17.1 Å². The predicted octanol–water partition coefficient (Wildman–Crippen LogP) is 4.97. The minimum Gasteiger partial charge on any atom is -0.208 e. The number of rotatable bonds is 0. The first-order valence-corrected chi connectivity index (χ1v) is 6.23. The van der Waals surface area contributed by atoms with Crippen molar-refractivity contribution in [2.24, 2.45) is 0 Å². The van der Waals surface area contributed by atoms with Crippen molar-refractivity contribution in [3.63, 3.8) is 0 Å². The van der Waals surface area contributed by atoms with Gasteiger partial charge in [0.25, 0.3) is 0 Å². The Labute approximate surface area is 123 Å². The van der Waals surface area contributed by atoms with Crippen LogP contribution in [0.5, 0.6) is 0 Å². The standard InChI is InChI=1S/C9H13.C8H11.Fe/c1-6-5-7(2)9(4)8(6)3;1-6-4-7(2)8(3)5-6;/h5H,1-4H3;4-5H,1-3H3;/q2*-1;+2. The molecule has 0 heterocycles. The van der Waals surface area contributed by atoms with Crippen molar-refractivity contribution >= 4 is 0 Å². The molecule has 0 aliphatic heterocycles. The Hall–Kier alpha value is -0.781. The molecule has 0 radical (unpaired) electrons. The normalized spacial score (nSPS) is 9.50. The van der Waals surface area contributed by atoms with Crippen LogP contribution in [-0.4, -0.2) is 0 Å². The van der Waals surface area contributed by atoms with Crippen LogP contribution in [0.1, 0.15) is 38.9 Å². The van der Waals surface area contributed by atoms with Crippen LogP contribution < -0.4 is 0 Å². The van der Waals surface area contributed by atoms with Crippen LogP contribution in [0.2, 0.25) is 0 Å². The second kappa shape index (κ2) is 6.97. The summed E-state index contributed by atoms with van der Waals surface area (Å²) >= 11 is 0.